The molecule has 6 nitrogen and oxygen atoms in total. The lowest BCUT2D eigenvalue weighted by atomic mass is 10.1. The summed E-state index contributed by atoms with van der Waals surface area (Å²) in [6.07, 6.45) is 0. The van der Waals surface area contributed by atoms with Gasteiger partial charge in [-0.1, -0.05) is 17.7 Å². The van der Waals surface area contributed by atoms with E-state index >= 15 is 0 Å². The van der Waals surface area contributed by atoms with Crippen LogP contribution in [-0.2, 0) is 0 Å². The number of aryl methyl sites for hydroxylation is 1. The highest BCUT2D eigenvalue weighted by Crippen LogP contribution is 2.24. The topological polar surface area (TPSA) is 88.3 Å². The third-order valence-electron chi connectivity index (χ3n) is 3.11. The number of hydrogen-bond acceptors (Lipinski definition) is 5. The minimum absolute atomic E-state index is 0.00950. The van der Waals surface area contributed by atoms with Gasteiger partial charge in [0.1, 0.15) is 17.3 Å². The van der Waals surface area contributed by atoms with Gasteiger partial charge >= 0.3 is 0 Å². The molecule has 0 aliphatic carbocycles. The Bertz CT molecular complexity index is 712. The third-order valence-corrected chi connectivity index (χ3v) is 3.41. The zero-order valence-corrected chi connectivity index (χ0v) is 12.3. The van der Waals surface area contributed by atoms with Gasteiger partial charge in [0, 0.05) is 6.07 Å². The van der Waals surface area contributed by atoms with Crippen LogP contribution in [-0.4, -0.2) is 21.6 Å². The molecular formula is C14H13ClFN3O3. The van der Waals surface area contributed by atoms with Crippen molar-refractivity contribution < 1.29 is 14.4 Å². The van der Waals surface area contributed by atoms with Crippen molar-refractivity contribution in [3.05, 3.63) is 62.5 Å². The van der Waals surface area contributed by atoms with Crippen LogP contribution in [0.5, 0.6) is 0 Å². The summed E-state index contributed by atoms with van der Waals surface area (Å²) >= 11 is 5.62. The number of pyridine rings is 1. The highest BCUT2D eigenvalue weighted by molar-refractivity contribution is 6.30. The Balaban J connectivity index is 2.25. The lowest BCUT2D eigenvalue weighted by Crippen LogP contribution is -2.16. The van der Waals surface area contributed by atoms with Crippen LogP contribution < -0.4 is 5.32 Å². The van der Waals surface area contributed by atoms with E-state index < -0.39 is 16.8 Å². The number of nitro groups is 1. The molecule has 2 N–H and O–H groups in total. The molecule has 0 aliphatic rings. The predicted octanol–water partition coefficient (Wildman–Crippen LogP) is 3.24. The van der Waals surface area contributed by atoms with Crippen molar-refractivity contribution in [2.45, 2.75) is 13.0 Å². The number of rotatable bonds is 5. The molecule has 116 valence electrons. The fourth-order valence-electron chi connectivity index (χ4n) is 1.97. The number of nitrogens with one attached hydrogen (secondary N) is 1. The van der Waals surface area contributed by atoms with Crippen molar-refractivity contribution in [3.63, 3.8) is 0 Å². The van der Waals surface area contributed by atoms with Crippen molar-refractivity contribution in [2.75, 3.05) is 11.9 Å². The average molecular weight is 326 g/mol. The molecule has 2 rings (SSSR count). The molecule has 1 aromatic heterocycles. The van der Waals surface area contributed by atoms with E-state index in [0.717, 1.165) is 0 Å². The van der Waals surface area contributed by atoms with E-state index in [1.54, 1.807) is 6.07 Å². The second-order valence-corrected chi connectivity index (χ2v) is 5.02. The summed E-state index contributed by atoms with van der Waals surface area (Å²) in [6, 6.07) is 6.33. The largest absolute Gasteiger partial charge is 0.394 e. The fraction of sp³-hybridized carbons (Fsp3) is 0.214. The third kappa shape index (κ3) is 3.49. The number of nitrogens with zero attached hydrogens (tertiary/aromatic N) is 2. The normalized spacial score (nSPS) is 12.0. The Morgan fingerprint density at radius 1 is 1.45 bits per heavy atom. The first-order chi connectivity index (χ1) is 10.4. The maximum atomic E-state index is 13.5. The van der Waals surface area contributed by atoms with Gasteiger partial charge in [-0.3, -0.25) is 10.1 Å². The zero-order chi connectivity index (χ0) is 16.3. The van der Waals surface area contributed by atoms with Gasteiger partial charge in [-0.25, -0.2) is 9.37 Å². The van der Waals surface area contributed by atoms with Crippen molar-refractivity contribution in [3.8, 4) is 0 Å². The Hall–Kier alpha value is -2.25. The molecule has 0 saturated carbocycles. The molecule has 2 aromatic rings. The summed E-state index contributed by atoms with van der Waals surface area (Å²) in [4.78, 5) is 14.3. The van der Waals surface area contributed by atoms with Crippen LogP contribution in [0.3, 0.4) is 0 Å². The second kappa shape index (κ2) is 6.67. The van der Waals surface area contributed by atoms with Gasteiger partial charge in [-0.05, 0) is 30.7 Å². The van der Waals surface area contributed by atoms with Crippen molar-refractivity contribution in [1.29, 1.82) is 0 Å². The van der Waals surface area contributed by atoms with Crippen LogP contribution in [0.2, 0.25) is 5.02 Å². The fourth-order valence-corrected chi connectivity index (χ4v) is 2.09. The Kier molecular flexibility index (Phi) is 4.89. The van der Waals surface area contributed by atoms with Gasteiger partial charge in [-0.2, -0.15) is 0 Å². The summed E-state index contributed by atoms with van der Waals surface area (Å²) in [5, 5.41) is 23.1. The van der Waals surface area contributed by atoms with Crippen LogP contribution in [0.4, 0.5) is 15.9 Å². The number of hydrogen-bond donors (Lipinski definition) is 2. The van der Waals surface area contributed by atoms with Gasteiger partial charge in [0.25, 0.3) is 5.69 Å². The molecule has 0 radical (unpaired) electrons. The molecule has 22 heavy (non-hydrogen) atoms. The van der Waals surface area contributed by atoms with Gasteiger partial charge in [0.2, 0.25) is 0 Å². The Morgan fingerprint density at radius 3 is 2.73 bits per heavy atom. The number of aromatic nitrogens is 1. The Labute approximate surface area is 130 Å². The molecule has 0 unspecified atom stereocenters. The van der Waals surface area contributed by atoms with E-state index in [9.17, 15) is 19.6 Å². The standard InChI is InChI=1S/C14H13ClFN3O3/c1-8-13(19(21)22)4-5-14(17-8)18-12(7-20)9-2-3-10(15)11(16)6-9/h2-6,12,20H,7H2,1H3,(H,17,18)/t12-/m1/s1. The van der Waals surface area contributed by atoms with Crippen LogP contribution >= 0.6 is 11.6 Å². The number of benzene rings is 1. The van der Waals surface area contributed by atoms with Gasteiger partial charge in [-0.15, -0.1) is 0 Å². The van der Waals surface area contributed by atoms with Gasteiger partial charge < -0.3 is 10.4 Å². The average Bonchev–Trinajstić information content (AvgIpc) is 2.47. The summed E-state index contributed by atoms with van der Waals surface area (Å²) in [6.45, 7) is 1.21. The van der Waals surface area contributed by atoms with E-state index in [0.29, 0.717) is 11.4 Å². The van der Waals surface area contributed by atoms with E-state index in [2.05, 4.69) is 10.3 Å². The highest BCUT2D eigenvalue weighted by atomic mass is 35.5. The maximum Gasteiger partial charge on any atom is 0.290 e. The number of anilines is 1. The first kappa shape index (κ1) is 16.1. The minimum Gasteiger partial charge on any atom is -0.394 e. The lowest BCUT2D eigenvalue weighted by Gasteiger charge is -2.18. The summed E-state index contributed by atoms with van der Waals surface area (Å²) < 4.78 is 13.5. The summed E-state index contributed by atoms with van der Waals surface area (Å²) in [5.74, 6) is -0.246. The molecule has 0 spiro atoms. The van der Waals surface area contributed by atoms with Gasteiger partial charge in [0.05, 0.1) is 22.6 Å². The van der Waals surface area contributed by atoms with Crippen molar-refractivity contribution >= 4 is 23.1 Å². The number of halogens is 2. The molecule has 0 saturated heterocycles. The maximum absolute atomic E-state index is 13.5. The molecule has 1 heterocycles. The first-order valence-corrected chi connectivity index (χ1v) is 6.74. The minimum atomic E-state index is -0.611. The Morgan fingerprint density at radius 2 is 2.18 bits per heavy atom. The molecule has 0 fully saturated rings. The monoisotopic (exact) mass is 325 g/mol. The first-order valence-electron chi connectivity index (χ1n) is 6.36. The smallest absolute Gasteiger partial charge is 0.290 e. The molecule has 0 amide bonds. The predicted molar refractivity (Wildman–Crippen MR) is 80.5 cm³/mol. The SMILES string of the molecule is Cc1nc(N[C@H](CO)c2ccc(Cl)c(F)c2)ccc1[N+](=O)[O-]. The van der Waals surface area contributed by atoms with Crippen LogP contribution in [0.25, 0.3) is 0 Å². The second-order valence-electron chi connectivity index (χ2n) is 4.61. The van der Waals surface area contributed by atoms with Crippen molar-refractivity contribution in [2.24, 2.45) is 0 Å². The van der Waals surface area contributed by atoms with Gasteiger partial charge in [0.15, 0.2) is 0 Å². The molecule has 1 atom stereocenters. The van der Waals surface area contributed by atoms with E-state index in [1.165, 1.54) is 31.2 Å². The molecule has 0 aliphatic heterocycles. The highest BCUT2D eigenvalue weighted by Gasteiger charge is 2.16. The number of aliphatic hydroxyl groups is 1. The molecule has 8 heteroatoms. The lowest BCUT2D eigenvalue weighted by molar-refractivity contribution is -0.385. The van der Waals surface area contributed by atoms with Crippen LogP contribution in [0.15, 0.2) is 30.3 Å². The molecular weight excluding hydrogens is 313 g/mol. The molecule has 0 bridgehead atoms. The summed E-state index contributed by atoms with van der Waals surface area (Å²) in [7, 11) is 0. The molecule has 1 aromatic carbocycles. The van der Waals surface area contributed by atoms with Crippen LogP contribution in [0, 0.1) is 22.9 Å². The van der Waals surface area contributed by atoms with Crippen molar-refractivity contribution in [1.82, 2.24) is 4.98 Å². The number of aliphatic hydroxyl groups excluding tert-OH is 1. The van der Waals surface area contributed by atoms with E-state index in [4.69, 9.17) is 11.6 Å². The van der Waals surface area contributed by atoms with Crippen LogP contribution in [0.1, 0.15) is 17.3 Å². The van der Waals surface area contributed by atoms with E-state index in [1.807, 2.05) is 0 Å². The van der Waals surface area contributed by atoms with E-state index in [-0.39, 0.29) is 23.0 Å². The quantitative estimate of drug-likeness (QED) is 0.651. The summed E-state index contributed by atoms with van der Waals surface area (Å²) in [5.41, 5.74) is 0.639. The zero-order valence-electron chi connectivity index (χ0n) is 11.6.